The molecule has 0 aliphatic carbocycles. The molecule has 3 heteroatoms. The highest BCUT2D eigenvalue weighted by Gasteiger charge is 2.19. The molecule has 1 unspecified atom stereocenters. The number of rotatable bonds is 3. The summed E-state index contributed by atoms with van der Waals surface area (Å²) in [4.78, 5) is 4.79. The van der Waals surface area contributed by atoms with Crippen molar-refractivity contribution in [2.24, 2.45) is 0 Å². The molecule has 1 aliphatic rings. The molecule has 0 amide bonds. The summed E-state index contributed by atoms with van der Waals surface area (Å²) in [5.41, 5.74) is 2.62. The number of likely N-dealkylation sites (N-methyl/N-ethyl adjacent to an activating group) is 2. The fraction of sp³-hybridized carbons (Fsp3) is 0.571. The van der Waals surface area contributed by atoms with E-state index in [1.165, 1.54) is 11.3 Å². The van der Waals surface area contributed by atoms with Crippen LogP contribution in [-0.2, 0) is 0 Å². The van der Waals surface area contributed by atoms with E-state index in [0.29, 0.717) is 6.04 Å². The number of benzene rings is 1. The lowest BCUT2D eigenvalue weighted by molar-refractivity contribution is 0.204. The molecule has 2 rings (SSSR count). The summed E-state index contributed by atoms with van der Waals surface area (Å²) in [5, 5.41) is 3.46. The van der Waals surface area contributed by atoms with Gasteiger partial charge in [-0.2, -0.15) is 0 Å². The van der Waals surface area contributed by atoms with Gasteiger partial charge in [0.25, 0.3) is 0 Å². The number of nitrogens with one attached hydrogen (secondary N) is 1. The van der Waals surface area contributed by atoms with Crippen LogP contribution in [-0.4, -0.2) is 51.2 Å². The van der Waals surface area contributed by atoms with Crippen LogP contribution in [0.1, 0.15) is 5.56 Å². The minimum absolute atomic E-state index is 0.607. The summed E-state index contributed by atoms with van der Waals surface area (Å²) in [6, 6.07) is 9.36. The molecule has 0 aromatic heterocycles. The van der Waals surface area contributed by atoms with E-state index < -0.39 is 0 Å². The lowest BCUT2D eigenvalue weighted by atomic mass is 10.1. The molecular formula is C14H23N3. The normalized spacial score (nSPS) is 21.5. The molecule has 1 aromatic carbocycles. The fourth-order valence-electron chi connectivity index (χ4n) is 2.29. The van der Waals surface area contributed by atoms with Gasteiger partial charge in [-0.1, -0.05) is 17.7 Å². The molecule has 94 valence electrons. The second kappa shape index (κ2) is 5.52. The maximum absolute atomic E-state index is 3.46. The maximum Gasteiger partial charge on any atom is 0.0393 e. The Hall–Kier alpha value is -1.06. The molecule has 1 aromatic rings. The molecule has 0 saturated carbocycles. The average molecular weight is 233 g/mol. The Morgan fingerprint density at radius 3 is 2.71 bits per heavy atom. The Labute approximate surface area is 104 Å². The van der Waals surface area contributed by atoms with Crippen molar-refractivity contribution in [2.45, 2.75) is 13.0 Å². The molecule has 3 nitrogen and oxygen atoms in total. The van der Waals surface area contributed by atoms with Gasteiger partial charge in [0.1, 0.15) is 0 Å². The zero-order valence-electron chi connectivity index (χ0n) is 11.1. The van der Waals surface area contributed by atoms with E-state index in [4.69, 9.17) is 0 Å². The summed E-state index contributed by atoms with van der Waals surface area (Å²) in [7, 11) is 4.39. The van der Waals surface area contributed by atoms with Crippen molar-refractivity contribution in [1.29, 1.82) is 0 Å². The van der Waals surface area contributed by atoms with Gasteiger partial charge >= 0.3 is 0 Å². The summed E-state index contributed by atoms with van der Waals surface area (Å²) in [5.74, 6) is 0. The Balaban J connectivity index is 1.95. The Morgan fingerprint density at radius 2 is 2.06 bits per heavy atom. The first-order valence-electron chi connectivity index (χ1n) is 6.35. The Morgan fingerprint density at radius 1 is 1.35 bits per heavy atom. The predicted molar refractivity (Wildman–Crippen MR) is 73.7 cm³/mol. The molecule has 1 N–H and O–H groups in total. The van der Waals surface area contributed by atoms with Crippen LogP contribution in [0, 0.1) is 6.92 Å². The smallest absolute Gasteiger partial charge is 0.0393 e. The molecule has 0 bridgehead atoms. The zero-order chi connectivity index (χ0) is 12.3. The van der Waals surface area contributed by atoms with E-state index in [1.807, 2.05) is 0 Å². The van der Waals surface area contributed by atoms with Gasteiger partial charge in [-0.3, -0.25) is 4.90 Å². The van der Waals surface area contributed by atoms with Crippen LogP contribution in [0.25, 0.3) is 0 Å². The highest BCUT2D eigenvalue weighted by Crippen LogP contribution is 2.14. The molecule has 17 heavy (non-hydrogen) atoms. The summed E-state index contributed by atoms with van der Waals surface area (Å²) < 4.78 is 0. The number of hydrogen-bond donors (Lipinski definition) is 1. The van der Waals surface area contributed by atoms with Crippen molar-refractivity contribution in [3.8, 4) is 0 Å². The Bertz CT molecular complexity index is 347. The zero-order valence-corrected chi connectivity index (χ0v) is 11.1. The first-order valence-corrected chi connectivity index (χ1v) is 6.35. The molecule has 1 atom stereocenters. The number of hydrogen-bond acceptors (Lipinski definition) is 3. The third-order valence-electron chi connectivity index (χ3n) is 3.60. The van der Waals surface area contributed by atoms with E-state index in [0.717, 1.165) is 26.2 Å². The lowest BCUT2D eigenvalue weighted by Gasteiger charge is -2.36. The molecular weight excluding hydrogens is 210 g/mol. The SMILES string of the molecule is Cc1ccc(N(C)CC2CNCCN2C)cc1. The predicted octanol–water partition coefficient (Wildman–Crippen LogP) is 1.33. The van der Waals surface area contributed by atoms with Crippen LogP contribution < -0.4 is 10.2 Å². The maximum atomic E-state index is 3.46. The van der Waals surface area contributed by atoms with Crippen LogP contribution in [0.15, 0.2) is 24.3 Å². The first kappa shape index (κ1) is 12.4. The van der Waals surface area contributed by atoms with Gasteiger partial charge < -0.3 is 10.2 Å². The Kier molecular flexibility index (Phi) is 4.02. The van der Waals surface area contributed by atoms with Crippen LogP contribution in [0.4, 0.5) is 5.69 Å². The van der Waals surface area contributed by atoms with Crippen LogP contribution in [0.5, 0.6) is 0 Å². The second-order valence-corrected chi connectivity index (χ2v) is 5.05. The largest absolute Gasteiger partial charge is 0.373 e. The van der Waals surface area contributed by atoms with Crippen molar-refractivity contribution in [2.75, 3.05) is 45.2 Å². The third kappa shape index (κ3) is 3.20. The van der Waals surface area contributed by atoms with Gasteiger partial charge in [0.05, 0.1) is 0 Å². The van der Waals surface area contributed by atoms with Crippen LogP contribution in [0.3, 0.4) is 0 Å². The summed E-state index contributed by atoms with van der Waals surface area (Å²) >= 11 is 0. The molecule has 0 spiro atoms. The van der Waals surface area contributed by atoms with Crippen LogP contribution in [0.2, 0.25) is 0 Å². The lowest BCUT2D eigenvalue weighted by Crippen LogP contribution is -2.53. The topological polar surface area (TPSA) is 18.5 Å². The van der Waals surface area contributed by atoms with Crippen molar-refractivity contribution in [3.63, 3.8) is 0 Å². The van der Waals surface area contributed by atoms with Gasteiger partial charge in [-0.05, 0) is 26.1 Å². The van der Waals surface area contributed by atoms with Gasteiger partial charge in [-0.25, -0.2) is 0 Å². The standard InChI is InChI=1S/C14H23N3/c1-12-4-6-13(7-5-12)17(3)11-14-10-15-8-9-16(14)2/h4-7,14-15H,8-11H2,1-3H3. The van der Waals surface area contributed by atoms with Crippen molar-refractivity contribution >= 4 is 5.69 Å². The number of anilines is 1. The third-order valence-corrected chi connectivity index (χ3v) is 3.60. The number of piperazine rings is 1. The van der Waals surface area contributed by atoms with E-state index in [1.54, 1.807) is 0 Å². The van der Waals surface area contributed by atoms with Crippen LogP contribution >= 0.6 is 0 Å². The number of nitrogens with zero attached hydrogens (tertiary/aromatic N) is 2. The van der Waals surface area contributed by atoms with Crippen molar-refractivity contribution in [1.82, 2.24) is 10.2 Å². The van der Waals surface area contributed by atoms with Gasteiger partial charge in [0, 0.05) is 45.0 Å². The molecule has 1 saturated heterocycles. The van der Waals surface area contributed by atoms with Crippen molar-refractivity contribution in [3.05, 3.63) is 29.8 Å². The monoisotopic (exact) mass is 233 g/mol. The minimum atomic E-state index is 0.607. The van der Waals surface area contributed by atoms with E-state index in [-0.39, 0.29) is 0 Å². The van der Waals surface area contributed by atoms with Gasteiger partial charge in [0.15, 0.2) is 0 Å². The van der Waals surface area contributed by atoms with Gasteiger partial charge in [0.2, 0.25) is 0 Å². The summed E-state index contributed by atoms with van der Waals surface area (Å²) in [6.45, 7) is 6.55. The minimum Gasteiger partial charge on any atom is -0.373 e. The van der Waals surface area contributed by atoms with E-state index >= 15 is 0 Å². The fourth-order valence-corrected chi connectivity index (χ4v) is 2.29. The van der Waals surface area contributed by atoms with Gasteiger partial charge in [-0.15, -0.1) is 0 Å². The number of aryl methyl sites for hydroxylation is 1. The molecule has 1 aliphatic heterocycles. The highest BCUT2D eigenvalue weighted by molar-refractivity contribution is 5.46. The quantitative estimate of drug-likeness (QED) is 0.850. The molecule has 0 radical (unpaired) electrons. The molecule has 1 heterocycles. The first-order chi connectivity index (χ1) is 8.16. The van der Waals surface area contributed by atoms with E-state index in [2.05, 4.69) is 60.4 Å². The van der Waals surface area contributed by atoms with Crippen molar-refractivity contribution < 1.29 is 0 Å². The van der Waals surface area contributed by atoms with E-state index in [9.17, 15) is 0 Å². The molecule has 1 fully saturated rings. The second-order valence-electron chi connectivity index (χ2n) is 5.05. The average Bonchev–Trinajstić information content (AvgIpc) is 2.33. The summed E-state index contributed by atoms with van der Waals surface area (Å²) in [6.07, 6.45) is 0. The highest BCUT2D eigenvalue weighted by atomic mass is 15.2.